The predicted molar refractivity (Wildman–Crippen MR) is 71.3 cm³/mol. The van der Waals surface area contributed by atoms with E-state index >= 15 is 0 Å². The second-order valence-corrected chi connectivity index (χ2v) is 3.89. The molecule has 7 heteroatoms. The Balaban J connectivity index is 1.86. The van der Waals surface area contributed by atoms with Crippen molar-refractivity contribution in [1.82, 2.24) is 15.3 Å². The number of carbonyl (C=O) groups excluding carboxylic acids is 1. The molecule has 20 heavy (non-hydrogen) atoms. The molecule has 0 bridgehead atoms. The van der Waals surface area contributed by atoms with Gasteiger partial charge in [0, 0.05) is 11.9 Å². The van der Waals surface area contributed by atoms with Gasteiger partial charge >= 0.3 is 12.0 Å². The Hall–Kier alpha value is -2.96. The van der Waals surface area contributed by atoms with E-state index < -0.39 is 12.0 Å². The third kappa shape index (κ3) is 3.77. The van der Waals surface area contributed by atoms with E-state index in [2.05, 4.69) is 20.6 Å². The molecule has 2 rings (SSSR count). The number of hydrogen-bond acceptors (Lipinski definition) is 4. The lowest BCUT2D eigenvalue weighted by Crippen LogP contribution is -2.28. The molecule has 0 fully saturated rings. The van der Waals surface area contributed by atoms with E-state index in [9.17, 15) is 9.59 Å². The number of anilines is 1. The van der Waals surface area contributed by atoms with Crippen molar-refractivity contribution in [2.24, 2.45) is 0 Å². The number of amides is 2. The van der Waals surface area contributed by atoms with Gasteiger partial charge in [-0.15, -0.1) is 0 Å². The average Bonchev–Trinajstić information content (AvgIpc) is 2.47. The Kier molecular flexibility index (Phi) is 4.23. The van der Waals surface area contributed by atoms with Gasteiger partial charge in [0.05, 0.1) is 17.8 Å². The number of aromatic carboxylic acids is 1. The number of urea groups is 1. The second kappa shape index (κ2) is 6.28. The number of carbonyl (C=O) groups is 2. The Morgan fingerprint density at radius 2 is 1.90 bits per heavy atom. The van der Waals surface area contributed by atoms with Gasteiger partial charge in [-0.25, -0.2) is 19.6 Å². The van der Waals surface area contributed by atoms with Crippen molar-refractivity contribution in [2.45, 2.75) is 6.54 Å². The highest BCUT2D eigenvalue weighted by atomic mass is 16.4. The van der Waals surface area contributed by atoms with Crippen molar-refractivity contribution in [3.8, 4) is 0 Å². The van der Waals surface area contributed by atoms with Crippen molar-refractivity contribution in [2.75, 3.05) is 5.32 Å². The molecular formula is C13H12N4O3. The number of carboxylic acid groups (broad SMARTS) is 1. The largest absolute Gasteiger partial charge is 0.478 e. The molecule has 0 radical (unpaired) electrons. The van der Waals surface area contributed by atoms with Crippen LogP contribution in [0.25, 0.3) is 0 Å². The molecule has 0 spiro atoms. The third-order valence-corrected chi connectivity index (χ3v) is 2.46. The van der Waals surface area contributed by atoms with Crippen molar-refractivity contribution in [3.05, 3.63) is 54.1 Å². The van der Waals surface area contributed by atoms with Gasteiger partial charge in [0.25, 0.3) is 0 Å². The van der Waals surface area contributed by atoms with Crippen LogP contribution in [-0.2, 0) is 6.54 Å². The molecule has 1 aromatic heterocycles. The van der Waals surface area contributed by atoms with Crippen LogP contribution in [0.15, 0.2) is 42.9 Å². The summed E-state index contributed by atoms with van der Waals surface area (Å²) in [6.07, 6.45) is 2.99. The van der Waals surface area contributed by atoms with Crippen LogP contribution in [0.5, 0.6) is 0 Å². The summed E-state index contributed by atoms with van der Waals surface area (Å²) in [4.78, 5) is 30.0. The summed E-state index contributed by atoms with van der Waals surface area (Å²) in [5, 5.41) is 14.0. The molecule has 102 valence electrons. The fraction of sp³-hybridized carbons (Fsp3) is 0.0769. The monoisotopic (exact) mass is 272 g/mol. The first-order chi connectivity index (χ1) is 9.65. The summed E-state index contributed by atoms with van der Waals surface area (Å²) < 4.78 is 0. The van der Waals surface area contributed by atoms with E-state index in [4.69, 9.17) is 5.11 Å². The van der Waals surface area contributed by atoms with Crippen LogP contribution < -0.4 is 10.6 Å². The van der Waals surface area contributed by atoms with Crippen LogP contribution in [-0.4, -0.2) is 27.1 Å². The topological polar surface area (TPSA) is 104 Å². The zero-order valence-electron chi connectivity index (χ0n) is 10.4. The maximum atomic E-state index is 11.6. The smallest absolute Gasteiger partial charge is 0.335 e. The molecule has 3 N–H and O–H groups in total. The third-order valence-electron chi connectivity index (χ3n) is 2.46. The molecule has 0 atom stereocenters. The van der Waals surface area contributed by atoms with Crippen molar-refractivity contribution in [3.63, 3.8) is 0 Å². The zero-order valence-corrected chi connectivity index (χ0v) is 10.4. The van der Waals surface area contributed by atoms with Gasteiger partial charge in [0.2, 0.25) is 0 Å². The lowest BCUT2D eigenvalue weighted by molar-refractivity contribution is 0.0697. The maximum absolute atomic E-state index is 11.6. The number of aromatic nitrogens is 2. The Labute approximate surface area is 114 Å². The van der Waals surface area contributed by atoms with Crippen LogP contribution in [0, 0.1) is 0 Å². The molecule has 2 aromatic rings. The quantitative estimate of drug-likeness (QED) is 0.782. The normalized spacial score (nSPS) is 9.80. The number of carboxylic acids is 1. The van der Waals surface area contributed by atoms with Crippen LogP contribution in [0.4, 0.5) is 10.5 Å². The van der Waals surface area contributed by atoms with Gasteiger partial charge in [-0.05, 0) is 30.3 Å². The van der Waals surface area contributed by atoms with E-state index in [1.54, 1.807) is 12.3 Å². The zero-order chi connectivity index (χ0) is 14.4. The summed E-state index contributed by atoms with van der Waals surface area (Å²) in [6.45, 7) is 0.279. The molecule has 1 heterocycles. The summed E-state index contributed by atoms with van der Waals surface area (Å²) in [5.74, 6) is -1.01. The fourth-order valence-corrected chi connectivity index (χ4v) is 1.46. The van der Waals surface area contributed by atoms with E-state index in [1.807, 2.05) is 0 Å². The minimum absolute atomic E-state index is 0.164. The fourth-order valence-electron chi connectivity index (χ4n) is 1.46. The van der Waals surface area contributed by atoms with Crippen molar-refractivity contribution in [1.29, 1.82) is 0 Å². The molecule has 2 amide bonds. The number of nitrogens with one attached hydrogen (secondary N) is 2. The van der Waals surface area contributed by atoms with Gasteiger partial charge in [0.1, 0.15) is 6.33 Å². The molecule has 0 saturated carbocycles. The number of nitrogens with zero attached hydrogens (tertiary/aromatic N) is 2. The van der Waals surface area contributed by atoms with E-state index in [0.29, 0.717) is 11.4 Å². The average molecular weight is 272 g/mol. The van der Waals surface area contributed by atoms with Crippen LogP contribution >= 0.6 is 0 Å². The van der Waals surface area contributed by atoms with Crippen molar-refractivity contribution >= 4 is 17.7 Å². The van der Waals surface area contributed by atoms with E-state index in [0.717, 1.165) is 0 Å². The van der Waals surface area contributed by atoms with Gasteiger partial charge in [0.15, 0.2) is 0 Å². The lowest BCUT2D eigenvalue weighted by Gasteiger charge is -2.07. The predicted octanol–water partition coefficient (Wildman–Crippen LogP) is 1.50. The maximum Gasteiger partial charge on any atom is 0.335 e. The minimum atomic E-state index is -1.01. The van der Waals surface area contributed by atoms with Crippen LogP contribution in [0.2, 0.25) is 0 Å². The highest BCUT2D eigenvalue weighted by molar-refractivity contribution is 5.91. The highest BCUT2D eigenvalue weighted by Crippen LogP contribution is 2.09. The second-order valence-electron chi connectivity index (χ2n) is 3.89. The van der Waals surface area contributed by atoms with Crippen molar-refractivity contribution < 1.29 is 14.7 Å². The molecule has 0 aliphatic heterocycles. The van der Waals surface area contributed by atoms with E-state index in [-0.39, 0.29) is 12.1 Å². The molecule has 7 nitrogen and oxygen atoms in total. The Morgan fingerprint density at radius 1 is 1.15 bits per heavy atom. The summed E-state index contributed by atoms with van der Waals surface area (Å²) in [5.41, 5.74) is 1.36. The first-order valence-electron chi connectivity index (χ1n) is 5.78. The highest BCUT2D eigenvalue weighted by Gasteiger charge is 2.04. The first kappa shape index (κ1) is 13.5. The van der Waals surface area contributed by atoms with Crippen LogP contribution in [0.1, 0.15) is 16.1 Å². The van der Waals surface area contributed by atoms with Gasteiger partial charge in [-0.3, -0.25) is 0 Å². The Morgan fingerprint density at radius 3 is 2.50 bits per heavy atom. The SMILES string of the molecule is O=C(NCc1ccncn1)Nc1ccc(C(=O)O)cc1. The summed E-state index contributed by atoms with van der Waals surface area (Å²) in [7, 11) is 0. The van der Waals surface area contributed by atoms with Gasteiger partial charge in [-0.2, -0.15) is 0 Å². The Bertz CT molecular complexity index is 599. The molecule has 1 aromatic carbocycles. The first-order valence-corrected chi connectivity index (χ1v) is 5.78. The number of benzene rings is 1. The summed E-state index contributed by atoms with van der Waals surface area (Å²) in [6, 6.07) is 7.18. The number of hydrogen-bond donors (Lipinski definition) is 3. The molecule has 0 aliphatic rings. The molecule has 0 aliphatic carbocycles. The molecule has 0 saturated heterocycles. The minimum Gasteiger partial charge on any atom is -0.478 e. The molecular weight excluding hydrogens is 260 g/mol. The standard InChI is InChI=1S/C13H12N4O3/c18-12(19)9-1-3-10(4-2-9)17-13(20)15-7-11-5-6-14-8-16-11/h1-6,8H,7H2,(H,18,19)(H2,15,17,20). The van der Waals surface area contributed by atoms with Gasteiger partial charge in [-0.1, -0.05) is 0 Å². The number of rotatable bonds is 4. The van der Waals surface area contributed by atoms with Gasteiger partial charge < -0.3 is 15.7 Å². The van der Waals surface area contributed by atoms with E-state index in [1.165, 1.54) is 30.6 Å². The van der Waals surface area contributed by atoms with Crippen LogP contribution in [0.3, 0.4) is 0 Å². The lowest BCUT2D eigenvalue weighted by atomic mass is 10.2. The summed E-state index contributed by atoms with van der Waals surface area (Å²) >= 11 is 0. The molecule has 0 unspecified atom stereocenters.